The van der Waals surface area contributed by atoms with Gasteiger partial charge >= 0.3 is 0 Å². The van der Waals surface area contributed by atoms with Gasteiger partial charge < -0.3 is 19.3 Å². The number of hydrogen-bond acceptors (Lipinski definition) is 5. The lowest BCUT2D eigenvalue weighted by Gasteiger charge is -2.37. The Bertz CT molecular complexity index is 758. The van der Waals surface area contributed by atoms with E-state index in [2.05, 4.69) is 0 Å². The van der Waals surface area contributed by atoms with Crippen molar-refractivity contribution >= 4 is 17.6 Å². The molecule has 0 aromatic heterocycles. The summed E-state index contributed by atoms with van der Waals surface area (Å²) in [6.07, 6.45) is 1.61. The number of ketones is 1. The van der Waals surface area contributed by atoms with Crippen LogP contribution in [0.4, 0.5) is 0 Å². The molecule has 144 valence electrons. The molecule has 1 aromatic carbocycles. The number of nitrogens with zero attached hydrogens (tertiary/aromatic N) is 2. The van der Waals surface area contributed by atoms with Crippen molar-refractivity contribution < 1.29 is 23.9 Å². The highest BCUT2D eigenvalue weighted by molar-refractivity contribution is 6.00. The Morgan fingerprint density at radius 1 is 1.07 bits per heavy atom. The van der Waals surface area contributed by atoms with Crippen molar-refractivity contribution in [3.8, 4) is 5.75 Å². The predicted octanol–water partition coefficient (Wildman–Crippen LogP) is 1.26. The highest BCUT2D eigenvalue weighted by Gasteiger charge is 2.43. The molecule has 0 radical (unpaired) electrons. The molecule has 0 unspecified atom stereocenters. The lowest BCUT2D eigenvalue weighted by molar-refractivity contribution is -0.142. The fourth-order valence-electron chi connectivity index (χ4n) is 4.05. The Morgan fingerprint density at radius 2 is 1.85 bits per heavy atom. The Kier molecular flexibility index (Phi) is 4.86. The van der Waals surface area contributed by atoms with Crippen LogP contribution in [0.15, 0.2) is 24.3 Å². The van der Waals surface area contributed by atoms with Crippen molar-refractivity contribution in [1.29, 1.82) is 0 Å². The van der Waals surface area contributed by atoms with Gasteiger partial charge in [-0.05, 0) is 18.6 Å². The normalized spacial score (nSPS) is 25.8. The number of hydrogen-bond donors (Lipinski definition) is 0. The summed E-state index contributed by atoms with van der Waals surface area (Å²) in [5.74, 6) is 0.554. The summed E-state index contributed by atoms with van der Waals surface area (Å²) in [5.41, 5.74) is -0.0456. The van der Waals surface area contributed by atoms with Gasteiger partial charge in [-0.3, -0.25) is 14.4 Å². The maximum Gasteiger partial charge on any atom is 0.242 e. The van der Waals surface area contributed by atoms with Crippen LogP contribution in [0.5, 0.6) is 5.75 Å². The molecule has 7 nitrogen and oxygen atoms in total. The minimum Gasteiger partial charge on any atom is -0.486 e. The van der Waals surface area contributed by atoms with E-state index in [1.165, 1.54) is 0 Å². The zero-order valence-corrected chi connectivity index (χ0v) is 15.3. The number of carbonyl (C=O) groups excluding carboxylic acids is 3. The molecule has 7 heteroatoms. The highest BCUT2D eigenvalue weighted by Crippen LogP contribution is 2.39. The summed E-state index contributed by atoms with van der Waals surface area (Å²) in [5, 5.41) is 0. The molecule has 2 fully saturated rings. The van der Waals surface area contributed by atoms with Gasteiger partial charge in [0.15, 0.2) is 5.78 Å². The van der Waals surface area contributed by atoms with E-state index in [1.54, 1.807) is 21.9 Å². The lowest BCUT2D eigenvalue weighted by atomic mass is 9.84. The quantitative estimate of drug-likeness (QED) is 0.781. The van der Waals surface area contributed by atoms with Crippen LogP contribution in [0.25, 0.3) is 0 Å². The number of carbonyl (C=O) groups is 3. The summed E-state index contributed by atoms with van der Waals surface area (Å²) in [7, 11) is 0. The van der Waals surface area contributed by atoms with Gasteiger partial charge in [0.25, 0.3) is 0 Å². The predicted molar refractivity (Wildman–Crippen MR) is 96.6 cm³/mol. The van der Waals surface area contributed by atoms with Crippen LogP contribution in [-0.4, -0.2) is 72.4 Å². The Balaban J connectivity index is 1.44. The van der Waals surface area contributed by atoms with E-state index in [1.807, 2.05) is 12.1 Å². The van der Waals surface area contributed by atoms with Crippen LogP contribution in [0, 0.1) is 0 Å². The van der Waals surface area contributed by atoms with E-state index in [0.29, 0.717) is 57.0 Å². The number of likely N-dealkylation sites (tertiary alicyclic amines) is 1. The first-order valence-electron chi connectivity index (χ1n) is 9.51. The van der Waals surface area contributed by atoms with E-state index in [4.69, 9.17) is 9.47 Å². The second-order valence-corrected chi connectivity index (χ2v) is 7.44. The molecule has 3 aliphatic rings. The smallest absolute Gasteiger partial charge is 0.242 e. The molecule has 1 aromatic rings. The Morgan fingerprint density at radius 3 is 2.67 bits per heavy atom. The molecule has 0 bridgehead atoms. The maximum atomic E-state index is 12.6. The first-order chi connectivity index (χ1) is 13.1. The van der Waals surface area contributed by atoms with Crippen LogP contribution in [0.2, 0.25) is 0 Å². The standard InChI is InChI=1S/C20H24N2O5/c23-16-13-20(27-17-4-2-1-3-15(16)17)6-5-18(24)22(8-7-20)14-19(25)21-9-11-26-12-10-21/h1-4H,5-14H2/t20-/m1/s1. The number of para-hydroxylation sites is 1. The number of benzene rings is 1. The average molecular weight is 372 g/mol. The number of amides is 2. The van der Waals surface area contributed by atoms with Crippen LogP contribution >= 0.6 is 0 Å². The molecule has 0 saturated carbocycles. The van der Waals surface area contributed by atoms with E-state index >= 15 is 0 Å². The van der Waals surface area contributed by atoms with Crippen molar-refractivity contribution in [2.75, 3.05) is 39.4 Å². The largest absolute Gasteiger partial charge is 0.486 e. The number of fused-ring (bicyclic) bond motifs is 1. The molecule has 0 N–H and O–H groups in total. The van der Waals surface area contributed by atoms with Gasteiger partial charge in [0.05, 0.1) is 31.7 Å². The SMILES string of the molecule is O=C1C[C@]2(CCC(=O)N(CC(=O)N3CCOCC3)CC2)Oc2ccccc21. The number of morpholine rings is 1. The zero-order valence-electron chi connectivity index (χ0n) is 15.3. The third-order valence-electron chi connectivity index (χ3n) is 5.67. The number of Topliss-reactive ketones (excluding diaryl/α,β-unsaturated/α-hetero) is 1. The van der Waals surface area contributed by atoms with Crippen LogP contribution in [0.1, 0.15) is 36.0 Å². The van der Waals surface area contributed by atoms with Crippen molar-refractivity contribution in [3.05, 3.63) is 29.8 Å². The third kappa shape index (κ3) is 3.69. The second-order valence-electron chi connectivity index (χ2n) is 7.44. The van der Waals surface area contributed by atoms with Crippen molar-refractivity contribution in [1.82, 2.24) is 9.80 Å². The molecule has 1 atom stereocenters. The Labute approximate surface area is 158 Å². The molecule has 4 rings (SSSR count). The molecule has 0 aliphatic carbocycles. The molecule has 27 heavy (non-hydrogen) atoms. The first-order valence-corrected chi connectivity index (χ1v) is 9.51. The Hall–Kier alpha value is -2.41. The molecule has 2 amide bonds. The minimum absolute atomic E-state index is 0.0476. The summed E-state index contributed by atoms with van der Waals surface area (Å²) in [4.78, 5) is 41.0. The van der Waals surface area contributed by atoms with Gasteiger partial charge in [-0.1, -0.05) is 12.1 Å². The van der Waals surface area contributed by atoms with Crippen molar-refractivity contribution in [2.24, 2.45) is 0 Å². The fourth-order valence-corrected chi connectivity index (χ4v) is 4.05. The number of ether oxygens (including phenoxy) is 2. The lowest BCUT2D eigenvalue weighted by Crippen LogP contribution is -2.47. The van der Waals surface area contributed by atoms with E-state index in [-0.39, 0.29) is 37.0 Å². The molecular weight excluding hydrogens is 348 g/mol. The fraction of sp³-hybridized carbons (Fsp3) is 0.550. The van der Waals surface area contributed by atoms with E-state index < -0.39 is 5.60 Å². The minimum atomic E-state index is -0.655. The third-order valence-corrected chi connectivity index (χ3v) is 5.67. The van der Waals surface area contributed by atoms with Gasteiger partial charge in [0, 0.05) is 32.5 Å². The van der Waals surface area contributed by atoms with E-state index in [0.717, 1.165) is 0 Å². The molecule has 1 spiro atoms. The summed E-state index contributed by atoms with van der Waals surface area (Å²) in [6, 6.07) is 7.26. The van der Waals surface area contributed by atoms with Crippen LogP contribution < -0.4 is 4.74 Å². The van der Waals surface area contributed by atoms with Crippen LogP contribution in [0.3, 0.4) is 0 Å². The van der Waals surface area contributed by atoms with Crippen molar-refractivity contribution in [3.63, 3.8) is 0 Å². The highest BCUT2D eigenvalue weighted by atomic mass is 16.5. The van der Waals surface area contributed by atoms with Gasteiger partial charge in [-0.25, -0.2) is 0 Å². The number of rotatable bonds is 2. The van der Waals surface area contributed by atoms with Gasteiger partial charge in [-0.2, -0.15) is 0 Å². The summed E-state index contributed by atoms with van der Waals surface area (Å²) >= 11 is 0. The summed E-state index contributed by atoms with van der Waals surface area (Å²) < 4.78 is 11.5. The van der Waals surface area contributed by atoms with Gasteiger partial charge in [-0.15, -0.1) is 0 Å². The first kappa shape index (κ1) is 18.0. The van der Waals surface area contributed by atoms with Crippen LogP contribution in [-0.2, 0) is 14.3 Å². The van der Waals surface area contributed by atoms with Gasteiger partial charge in [0.1, 0.15) is 11.4 Å². The maximum absolute atomic E-state index is 12.6. The second kappa shape index (κ2) is 7.31. The summed E-state index contributed by atoms with van der Waals surface area (Å²) in [6.45, 7) is 2.72. The molecule has 2 saturated heterocycles. The zero-order chi connectivity index (χ0) is 18.9. The topological polar surface area (TPSA) is 76.2 Å². The van der Waals surface area contributed by atoms with E-state index in [9.17, 15) is 14.4 Å². The molecule has 3 aliphatic heterocycles. The monoisotopic (exact) mass is 372 g/mol. The average Bonchev–Trinajstić information content (AvgIpc) is 2.83. The molecular formula is C20H24N2O5. The van der Waals surface area contributed by atoms with Crippen molar-refractivity contribution in [2.45, 2.75) is 31.3 Å². The van der Waals surface area contributed by atoms with Gasteiger partial charge in [0.2, 0.25) is 11.8 Å². The molecule has 3 heterocycles.